The minimum Gasteiger partial charge on any atom is -1.00 e. The molecule has 0 nitrogen and oxygen atoms in total. The van der Waals surface area contributed by atoms with Crippen molar-refractivity contribution in [2.24, 2.45) is 5.92 Å². The standard InChI is InChI=1S/C15H8F3.C9H13.C2H6Si.2ClH.Zr/c16-10-7-13(17)15(14(18)8-10)12-6-5-9-3-1-2-4-11(9)12;1-6-5-7(2)9(4)8(6)3;1-3-2;;;/h1-8H;6H,1-4H3;1-2H3;2*1H;/q;;;;;+2/p-2. The van der Waals surface area contributed by atoms with E-state index < -0.39 is 43.3 Å². The van der Waals surface area contributed by atoms with Gasteiger partial charge < -0.3 is 24.8 Å². The average molecular weight is 587 g/mol. The largest absolute Gasteiger partial charge is 1.00 e. The molecule has 0 saturated carbocycles. The van der Waals surface area contributed by atoms with Crippen molar-refractivity contribution in [2.45, 2.75) is 44.4 Å². The van der Waals surface area contributed by atoms with Crippen molar-refractivity contribution in [1.29, 1.82) is 0 Å². The number of fused-ring (bicyclic) bond motifs is 1. The van der Waals surface area contributed by atoms with Gasteiger partial charge in [-0.3, -0.25) is 0 Å². The number of benzene rings is 2. The molecule has 7 heteroatoms. The summed E-state index contributed by atoms with van der Waals surface area (Å²) >= 11 is -2.25. The number of hydrogen-bond acceptors (Lipinski definition) is 0. The van der Waals surface area contributed by atoms with Crippen LogP contribution in [-0.4, -0.2) is 5.43 Å². The predicted octanol–water partition coefficient (Wildman–Crippen LogP) is 1.73. The molecule has 2 aliphatic carbocycles. The molecule has 0 saturated heterocycles. The van der Waals surface area contributed by atoms with Crippen LogP contribution in [0.25, 0.3) is 5.57 Å². The van der Waals surface area contributed by atoms with Gasteiger partial charge in [-0.2, -0.15) is 0 Å². The van der Waals surface area contributed by atoms with Crippen molar-refractivity contribution in [3.05, 3.63) is 96.6 Å². The molecule has 0 radical (unpaired) electrons. The van der Waals surface area contributed by atoms with Crippen LogP contribution in [0.2, 0.25) is 13.1 Å². The second kappa shape index (κ2) is 10.8. The molecule has 2 aromatic rings. The molecule has 0 bridgehead atoms. The van der Waals surface area contributed by atoms with E-state index in [2.05, 4.69) is 52.9 Å². The summed E-state index contributed by atoms with van der Waals surface area (Å²) in [7, 11) is 0. The summed E-state index contributed by atoms with van der Waals surface area (Å²) in [5.74, 6) is -2.09. The van der Waals surface area contributed by atoms with Crippen LogP contribution in [0.1, 0.15) is 48.0 Å². The van der Waals surface area contributed by atoms with Gasteiger partial charge in [-0.1, -0.05) is 0 Å². The second-order valence-corrected chi connectivity index (χ2v) is 26.3. The van der Waals surface area contributed by atoms with Gasteiger partial charge in [0.05, 0.1) is 0 Å². The normalized spacial score (nSPS) is 18.8. The Balaban J connectivity index is 0.00000193. The van der Waals surface area contributed by atoms with Gasteiger partial charge >= 0.3 is 191 Å². The summed E-state index contributed by atoms with van der Waals surface area (Å²) in [6, 6.07) is 9.58. The van der Waals surface area contributed by atoms with Gasteiger partial charge in [0.1, 0.15) is 0 Å². The molecule has 2 atom stereocenters. The zero-order chi connectivity index (χ0) is 22.6. The molecule has 0 aromatic heterocycles. The maximum atomic E-state index is 14.8. The fourth-order valence-electron chi connectivity index (χ4n) is 5.16. The average Bonchev–Trinajstić information content (AvgIpc) is 3.15. The third-order valence-electron chi connectivity index (χ3n) is 6.98. The number of hydrogen-bond donors (Lipinski definition) is 0. The Labute approximate surface area is 215 Å². The van der Waals surface area contributed by atoms with Crippen LogP contribution in [0, 0.1) is 23.4 Å². The Kier molecular flexibility index (Phi) is 9.29. The van der Waals surface area contributed by atoms with E-state index in [0.29, 0.717) is 11.5 Å². The van der Waals surface area contributed by atoms with Crippen molar-refractivity contribution in [2.75, 3.05) is 0 Å². The molecule has 0 N–H and O–H groups in total. The second-order valence-electron chi connectivity index (χ2n) is 8.87. The van der Waals surface area contributed by atoms with Crippen LogP contribution in [0.4, 0.5) is 13.2 Å². The molecule has 0 spiro atoms. The smallest absolute Gasteiger partial charge is 1.00 e. The molecule has 2 aliphatic rings. The van der Waals surface area contributed by atoms with E-state index in [1.54, 1.807) is 3.28 Å². The van der Waals surface area contributed by atoms with E-state index in [9.17, 15) is 13.2 Å². The van der Waals surface area contributed by atoms with E-state index in [1.807, 2.05) is 18.2 Å². The topological polar surface area (TPSA) is 0 Å². The molecule has 0 amide bonds. The molecule has 0 fully saturated rings. The minimum atomic E-state index is -2.25. The van der Waals surface area contributed by atoms with E-state index in [0.717, 1.165) is 17.7 Å². The first-order chi connectivity index (χ1) is 14.6. The third-order valence-corrected chi connectivity index (χ3v) is 25.5. The van der Waals surface area contributed by atoms with Crippen LogP contribution in [0.15, 0.2) is 62.5 Å². The van der Waals surface area contributed by atoms with Gasteiger partial charge in [0, 0.05) is 0 Å². The van der Waals surface area contributed by atoms with Gasteiger partial charge in [-0.05, 0) is 0 Å². The zero-order valence-corrected chi connectivity index (χ0v) is 24.6. The molecule has 4 rings (SSSR count). The fraction of sp³-hybridized carbons (Fsp3) is 0.308. The van der Waals surface area contributed by atoms with E-state index in [4.69, 9.17) is 0 Å². The van der Waals surface area contributed by atoms with Crippen LogP contribution in [0.3, 0.4) is 0 Å². The van der Waals surface area contributed by atoms with Gasteiger partial charge in [0.15, 0.2) is 0 Å². The van der Waals surface area contributed by atoms with Gasteiger partial charge in [0.2, 0.25) is 0 Å². The minimum absolute atomic E-state index is 0. The third kappa shape index (κ3) is 4.81. The van der Waals surface area contributed by atoms with Crippen molar-refractivity contribution >= 4 is 11.0 Å². The Morgan fingerprint density at radius 3 is 1.97 bits per heavy atom. The van der Waals surface area contributed by atoms with Crippen molar-refractivity contribution < 1.29 is 58.4 Å². The van der Waals surface area contributed by atoms with Gasteiger partial charge in [-0.25, -0.2) is 0 Å². The number of allylic oxidation sites excluding steroid dienone is 5. The Morgan fingerprint density at radius 1 is 0.879 bits per heavy atom. The summed E-state index contributed by atoms with van der Waals surface area (Å²) in [4.78, 5) is 0. The Bertz CT molecular complexity index is 1220. The molecular weight excluding hydrogens is 559 g/mol. The van der Waals surface area contributed by atoms with Gasteiger partial charge in [0.25, 0.3) is 0 Å². The quantitative estimate of drug-likeness (QED) is 0.481. The van der Waals surface area contributed by atoms with E-state index >= 15 is 0 Å². The molecule has 33 heavy (non-hydrogen) atoms. The van der Waals surface area contributed by atoms with Crippen molar-refractivity contribution in [3.8, 4) is 0 Å². The summed E-state index contributed by atoms with van der Waals surface area (Å²) < 4.78 is 45.0. The summed E-state index contributed by atoms with van der Waals surface area (Å²) in [5.41, 5.74) is 6.28. The molecule has 2 aromatic carbocycles. The monoisotopic (exact) mass is 584 g/mol. The van der Waals surface area contributed by atoms with Crippen LogP contribution in [0.5, 0.6) is 0 Å². The zero-order valence-electron chi connectivity index (χ0n) is 19.6. The van der Waals surface area contributed by atoms with E-state index in [-0.39, 0.29) is 34.0 Å². The first-order valence-corrected chi connectivity index (χ1v) is 19.5. The number of rotatable bonds is 3. The van der Waals surface area contributed by atoms with Crippen LogP contribution < -0.4 is 24.8 Å². The van der Waals surface area contributed by atoms with E-state index in [1.165, 1.54) is 22.3 Å². The maximum absolute atomic E-state index is 14.8. The molecule has 174 valence electrons. The Morgan fingerprint density at radius 2 is 1.45 bits per heavy atom. The molecular formula is C26H27Cl2F3SiZr. The maximum Gasteiger partial charge on any atom is -1.00 e. The van der Waals surface area contributed by atoms with Crippen LogP contribution in [-0.2, 0) is 20.4 Å². The van der Waals surface area contributed by atoms with Crippen molar-refractivity contribution in [1.82, 2.24) is 0 Å². The molecule has 0 aliphatic heterocycles. The van der Waals surface area contributed by atoms with Crippen LogP contribution >= 0.6 is 0 Å². The number of halogens is 5. The summed E-state index contributed by atoms with van der Waals surface area (Å²) in [6.45, 7) is 13.8. The van der Waals surface area contributed by atoms with Gasteiger partial charge in [-0.15, -0.1) is 0 Å². The first-order valence-electron chi connectivity index (χ1n) is 10.7. The summed E-state index contributed by atoms with van der Waals surface area (Å²) in [6.07, 6.45) is 2.12. The first kappa shape index (κ1) is 28.4. The molecule has 0 heterocycles. The Hall–Kier alpha value is -0.870. The van der Waals surface area contributed by atoms with Crippen molar-refractivity contribution in [3.63, 3.8) is 0 Å². The predicted molar refractivity (Wildman–Crippen MR) is 120 cm³/mol. The fourth-order valence-corrected chi connectivity index (χ4v) is 24.8. The SMILES string of the molecule is CC1=C(C)C(C)[C]([Zr+2]([CH]2C=C(c3c(F)cc(F)cc3F)c3ccccc32)=[Si](C)C)=C1C.[Cl-].[Cl-]. The molecule has 2 unspecified atom stereocenters. The summed E-state index contributed by atoms with van der Waals surface area (Å²) in [5, 5.41) is 0.